The molecule has 2 aromatic rings. The first-order chi connectivity index (χ1) is 13.4. The normalized spacial score (nSPS) is 16.4. The van der Waals surface area contributed by atoms with Gasteiger partial charge in [0.05, 0.1) is 18.7 Å². The molecular weight excluding hydrogens is 373 g/mol. The molecule has 2 amide bonds. The largest absolute Gasteiger partial charge is 0.496 e. The Hall–Kier alpha value is -3.03. The van der Waals surface area contributed by atoms with E-state index in [4.69, 9.17) is 4.74 Å². The van der Waals surface area contributed by atoms with Gasteiger partial charge in [0.2, 0.25) is 11.8 Å². The fourth-order valence-corrected chi connectivity index (χ4v) is 3.21. The van der Waals surface area contributed by atoms with Gasteiger partial charge in [0.1, 0.15) is 5.75 Å². The van der Waals surface area contributed by atoms with Crippen LogP contribution in [-0.4, -0.2) is 32.0 Å². The minimum absolute atomic E-state index is 0.0959. The third kappa shape index (κ3) is 3.95. The lowest BCUT2D eigenvalue weighted by Gasteiger charge is -2.18. The zero-order valence-electron chi connectivity index (χ0n) is 15.2. The number of ether oxygens (including phenoxy) is 1. The summed E-state index contributed by atoms with van der Waals surface area (Å²) in [6.45, 7) is 0.241. The van der Waals surface area contributed by atoms with Crippen molar-refractivity contribution in [3.05, 3.63) is 59.4 Å². The Morgan fingerprint density at radius 3 is 2.68 bits per heavy atom. The SMILES string of the molecule is COc1ccccc1CCNC(=O)C1CC(=O)N(c2ccc(F)c(F)c2F)C1. The van der Waals surface area contributed by atoms with E-state index in [0.29, 0.717) is 18.7 Å². The predicted molar refractivity (Wildman–Crippen MR) is 96.5 cm³/mol. The average molecular weight is 392 g/mol. The molecule has 1 aliphatic rings. The van der Waals surface area contributed by atoms with Crippen LogP contribution in [0.4, 0.5) is 18.9 Å². The molecule has 1 unspecified atom stereocenters. The highest BCUT2D eigenvalue weighted by atomic mass is 19.2. The summed E-state index contributed by atoms with van der Waals surface area (Å²) < 4.78 is 45.7. The maximum atomic E-state index is 14.0. The van der Waals surface area contributed by atoms with Gasteiger partial charge in [-0.25, -0.2) is 13.2 Å². The fraction of sp³-hybridized carbons (Fsp3) is 0.300. The first-order valence-corrected chi connectivity index (χ1v) is 8.75. The summed E-state index contributed by atoms with van der Waals surface area (Å²) >= 11 is 0. The first kappa shape index (κ1) is 19.7. The quantitative estimate of drug-likeness (QED) is 0.770. The molecule has 28 heavy (non-hydrogen) atoms. The lowest BCUT2D eigenvalue weighted by Crippen LogP contribution is -2.34. The highest BCUT2D eigenvalue weighted by Crippen LogP contribution is 2.29. The van der Waals surface area contributed by atoms with Crippen molar-refractivity contribution in [2.24, 2.45) is 5.92 Å². The van der Waals surface area contributed by atoms with Gasteiger partial charge in [-0.1, -0.05) is 18.2 Å². The molecule has 8 heteroatoms. The lowest BCUT2D eigenvalue weighted by molar-refractivity contribution is -0.126. The number of methoxy groups -OCH3 is 1. The highest BCUT2D eigenvalue weighted by Gasteiger charge is 2.36. The highest BCUT2D eigenvalue weighted by molar-refractivity contribution is 6.00. The molecule has 0 radical (unpaired) electrons. The summed E-state index contributed by atoms with van der Waals surface area (Å²) in [6.07, 6.45) is 0.414. The van der Waals surface area contributed by atoms with Crippen LogP contribution in [-0.2, 0) is 16.0 Å². The molecule has 0 bridgehead atoms. The lowest BCUT2D eigenvalue weighted by atomic mass is 10.1. The number of nitrogens with one attached hydrogen (secondary N) is 1. The van der Waals surface area contributed by atoms with Gasteiger partial charge in [0.15, 0.2) is 17.5 Å². The molecule has 5 nitrogen and oxygen atoms in total. The maximum absolute atomic E-state index is 14.0. The Morgan fingerprint density at radius 1 is 1.18 bits per heavy atom. The van der Waals surface area contributed by atoms with Crippen LogP contribution in [0.1, 0.15) is 12.0 Å². The summed E-state index contributed by atoms with van der Waals surface area (Å²) in [7, 11) is 1.56. The van der Waals surface area contributed by atoms with E-state index in [1.54, 1.807) is 7.11 Å². The van der Waals surface area contributed by atoms with E-state index in [-0.39, 0.29) is 24.6 Å². The number of carbonyl (C=O) groups excluding carboxylic acids is 2. The van der Waals surface area contributed by atoms with Crippen LogP contribution in [0.15, 0.2) is 36.4 Å². The van der Waals surface area contributed by atoms with Crippen molar-refractivity contribution in [2.45, 2.75) is 12.8 Å². The zero-order chi connectivity index (χ0) is 20.3. The summed E-state index contributed by atoms with van der Waals surface area (Å²) in [5, 5.41) is 2.75. The smallest absolute Gasteiger partial charge is 0.227 e. The molecule has 1 aliphatic heterocycles. The standard InChI is InChI=1S/C20H19F3N2O3/c1-28-16-5-3-2-4-12(16)8-9-24-20(27)13-10-17(26)25(11-13)15-7-6-14(21)18(22)19(15)23/h2-7,13H,8-11H2,1H3,(H,24,27). The third-order valence-corrected chi connectivity index (χ3v) is 4.69. The van der Waals surface area contributed by atoms with Gasteiger partial charge in [0, 0.05) is 19.5 Å². The van der Waals surface area contributed by atoms with Crippen LogP contribution in [0.2, 0.25) is 0 Å². The number of benzene rings is 2. The van der Waals surface area contributed by atoms with Crippen molar-refractivity contribution in [2.75, 3.05) is 25.1 Å². The van der Waals surface area contributed by atoms with Crippen LogP contribution in [0, 0.1) is 23.4 Å². The Morgan fingerprint density at radius 2 is 1.93 bits per heavy atom. The summed E-state index contributed by atoms with van der Waals surface area (Å²) in [6, 6.07) is 9.16. The van der Waals surface area contributed by atoms with Crippen molar-refractivity contribution in [1.29, 1.82) is 0 Å². The number of halogens is 3. The Labute approximate surface area is 160 Å². The molecule has 1 atom stereocenters. The van der Waals surface area contributed by atoms with Crippen molar-refractivity contribution in [3.63, 3.8) is 0 Å². The van der Waals surface area contributed by atoms with E-state index in [0.717, 1.165) is 22.6 Å². The molecule has 0 saturated carbocycles. The molecule has 3 rings (SSSR count). The second-order valence-corrected chi connectivity index (χ2v) is 6.45. The van der Waals surface area contributed by atoms with Gasteiger partial charge >= 0.3 is 0 Å². The van der Waals surface area contributed by atoms with Crippen molar-refractivity contribution >= 4 is 17.5 Å². The molecule has 1 fully saturated rings. The predicted octanol–water partition coefficient (Wildman–Crippen LogP) is 2.82. The molecule has 2 aromatic carbocycles. The maximum Gasteiger partial charge on any atom is 0.227 e. The molecular formula is C20H19F3N2O3. The summed E-state index contributed by atoms with van der Waals surface area (Å²) in [5.41, 5.74) is 0.562. The van der Waals surface area contributed by atoms with E-state index >= 15 is 0 Å². The van der Waals surface area contributed by atoms with E-state index in [2.05, 4.69) is 5.32 Å². The van der Waals surface area contributed by atoms with Crippen LogP contribution in [0.5, 0.6) is 5.75 Å². The van der Waals surface area contributed by atoms with Crippen molar-refractivity contribution in [1.82, 2.24) is 5.32 Å². The molecule has 148 valence electrons. The van der Waals surface area contributed by atoms with Gasteiger partial charge in [0.25, 0.3) is 0 Å². The monoisotopic (exact) mass is 392 g/mol. The van der Waals surface area contributed by atoms with Gasteiger partial charge < -0.3 is 15.0 Å². The number of amides is 2. The van der Waals surface area contributed by atoms with Crippen LogP contribution in [0.3, 0.4) is 0 Å². The summed E-state index contributed by atoms with van der Waals surface area (Å²) in [5.74, 6) is -5.27. The number of rotatable bonds is 6. The van der Waals surface area contributed by atoms with Crippen molar-refractivity contribution < 1.29 is 27.5 Å². The summed E-state index contributed by atoms with van der Waals surface area (Å²) in [4.78, 5) is 25.5. The van der Waals surface area contributed by atoms with E-state index < -0.39 is 29.3 Å². The minimum Gasteiger partial charge on any atom is -0.496 e. The van der Waals surface area contributed by atoms with Gasteiger partial charge in [-0.15, -0.1) is 0 Å². The molecule has 0 aromatic heterocycles. The van der Waals surface area contributed by atoms with Gasteiger partial charge in [-0.05, 0) is 30.2 Å². The first-order valence-electron chi connectivity index (χ1n) is 8.75. The van der Waals surface area contributed by atoms with Crippen molar-refractivity contribution in [3.8, 4) is 5.75 Å². The molecule has 0 spiro atoms. The number of hydrogen-bond donors (Lipinski definition) is 1. The Balaban J connectivity index is 1.60. The average Bonchev–Trinajstić information content (AvgIpc) is 3.08. The van der Waals surface area contributed by atoms with Crippen LogP contribution < -0.4 is 15.0 Å². The second kappa shape index (κ2) is 8.33. The fourth-order valence-electron chi connectivity index (χ4n) is 3.21. The molecule has 1 saturated heterocycles. The number of anilines is 1. The zero-order valence-corrected chi connectivity index (χ0v) is 15.2. The van der Waals surface area contributed by atoms with Gasteiger partial charge in [-0.2, -0.15) is 0 Å². The van der Waals surface area contributed by atoms with Crippen LogP contribution >= 0.6 is 0 Å². The van der Waals surface area contributed by atoms with Crippen LogP contribution in [0.25, 0.3) is 0 Å². The van der Waals surface area contributed by atoms with Gasteiger partial charge in [-0.3, -0.25) is 9.59 Å². The Bertz CT molecular complexity index is 904. The van der Waals surface area contributed by atoms with E-state index in [1.807, 2.05) is 24.3 Å². The minimum atomic E-state index is -1.64. The number of hydrogen-bond acceptors (Lipinski definition) is 3. The molecule has 1 heterocycles. The second-order valence-electron chi connectivity index (χ2n) is 6.45. The Kier molecular flexibility index (Phi) is 5.87. The molecule has 0 aliphatic carbocycles. The third-order valence-electron chi connectivity index (χ3n) is 4.69. The number of nitrogens with zero attached hydrogens (tertiary/aromatic N) is 1. The molecule has 1 N–H and O–H groups in total. The topological polar surface area (TPSA) is 58.6 Å². The number of carbonyl (C=O) groups is 2. The van der Waals surface area contributed by atoms with E-state index in [1.165, 1.54) is 0 Å². The van der Waals surface area contributed by atoms with E-state index in [9.17, 15) is 22.8 Å². The number of para-hydroxylation sites is 1.